The second kappa shape index (κ2) is 7.14. The number of hydrogen-bond donors (Lipinski definition) is 2. The first-order valence-electron chi connectivity index (χ1n) is 10.9. The summed E-state index contributed by atoms with van der Waals surface area (Å²) in [5.74, 6) is 1.01. The number of benzene rings is 4. The van der Waals surface area contributed by atoms with E-state index in [-0.39, 0.29) is 5.97 Å². The van der Waals surface area contributed by atoms with Gasteiger partial charge >= 0.3 is 5.97 Å². The van der Waals surface area contributed by atoms with Crippen molar-refractivity contribution in [1.82, 2.24) is 0 Å². The van der Waals surface area contributed by atoms with Crippen LogP contribution in [0.2, 0.25) is 0 Å². The van der Waals surface area contributed by atoms with Crippen molar-refractivity contribution >= 4 is 23.0 Å². The Balaban J connectivity index is 1.61. The molecular formula is C28H22N2O3. The van der Waals surface area contributed by atoms with Crippen molar-refractivity contribution < 1.29 is 14.3 Å². The van der Waals surface area contributed by atoms with E-state index >= 15 is 0 Å². The number of rotatable bonds is 3. The van der Waals surface area contributed by atoms with E-state index in [2.05, 4.69) is 10.6 Å². The molecule has 0 bridgehead atoms. The van der Waals surface area contributed by atoms with Crippen molar-refractivity contribution in [3.8, 4) is 11.5 Å². The minimum absolute atomic E-state index is 0.333. The van der Waals surface area contributed by atoms with Gasteiger partial charge in [-0.25, -0.2) is 4.79 Å². The van der Waals surface area contributed by atoms with Gasteiger partial charge in [-0.15, -0.1) is 0 Å². The molecule has 0 amide bonds. The van der Waals surface area contributed by atoms with Gasteiger partial charge in [0.15, 0.2) is 5.60 Å². The van der Waals surface area contributed by atoms with Crippen molar-refractivity contribution in [1.29, 1.82) is 0 Å². The van der Waals surface area contributed by atoms with Crippen molar-refractivity contribution in [2.24, 2.45) is 0 Å². The Morgan fingerprint density at radius 2 is 1.52 bits per heavy atom. The van der Waals surface area contributed by atoms with E-state index in [1.165, 1.54) is 0 Å². The number of esters is 1. The molecule has 0 aliphatic carbocycles. The summed E-state index contributed by atoms with van der Waals surface area (Å²) < 4.78 is 12.6. The summed E-state index contributed by atoms with van der Waals surface area (Å²) in [7, 11) is 1.87. The molecule has 2 aliphatic rings. The van der Waals surface area contributed by atoms with Gasteiger partial charge in [0.1, 0.15) is 11.5 Å². The van der Waals surface area contributed by atoms with Crippen LogP contribution in [0, 0.1) is 6.92 Å². The van der Waals surface area contributed by atoms with Crippen molar-refractivity contribution in [3.63, 3.8) is 0 Å². The van der Waals surface area contributed by atoms with Crippen molar-refractivity contribution in [2.75, 3.05) is 17.7 Å². The molecule has 162 valence electrons. The summed E-state index contributed by atoms with van der Waals surface area (Å²) in [4.78, 5) is 13.0. The highest BCUT2D eigenvalue weighted by Gasteiger charge is 2.53. The largest absolute Gasteiger partial charge is 0.456 e. The highest BCUT2D eigenvalue weighted by atomic mass is 16.6. The maximum absolute atomic E-state index is 13.0. The van der Waals surface area contributed by atoms with Crippen LogP contribution in [-0.4, -0.2) is 13.0 Å². The van der Waals surface area contributed by atoms with Gasteiger partial charge in [-0.3, -0.25) is 0 Å². The Labute approximate surface area is 192 Å². The monoisotopic (exact) mass is 434 g/mol. The first-order chi connectivity index (χ1) is 16.1. The predicted molar refractivity (Wildman–Crippen MR) is 129 cm³/mol. The summed E-state index contributed by atoms with van der Waals surface area (Å²) in [6.07, 6.45) is 0. The van der Waals surface area contributed by atoms with E-state index in [0.29, 0.717) is 17.1 Å². The zero-order valence-electron chi connectivity index (χ0n) is 18.3. The summed E-state index contributed by atoms with van der Waals surface area (Å²) in [6.45, 7) is 2.04. The fourth-order valence-corrected chi connectivity index (χ4v) is 4.79. The predicted octanol–water partition coefficient (Wildman–Crippen LogP) is 6.35. The van der Waals surface area contributed by atoms with Gasteiger partial charge in [-0.2, -0.15) is 0 Å². The first kappa shape index (κ1) is 19.4. The van der Waals surface area contributed by atoms with E-state index in [1.807, 2.05) is 98.9 Å². The molecule has 5 heteroatoms. The van der Waals surface area contributed by atoms with Crippen LogP contribution >= 0.6 is 0 Å². The van der Waals surface area contributed by atoms with Crippen LogP contribution < -0.4 is 15.4 Å². The highest BCUT2D eigenvalue weighted by Crippen LogP contribution is 2.57. The summed E-state index contributed by atoms with van der Waals surface area (Å²) >= 11 is 0. The van der Waals surface area contributed by atoms with Gasteiger partial charge in [-0.05, 0) is 55.0 Å². The zero-order valence-corrected chi connectivity index (χ0v) is 18.3. The second-order valence-corrected chi connectivity index (χ2v) is 8.33. The van der Waals surface area contributed by atoms with Crippen LogP contribution in [0.4, 0.5) is 17.1 Å². The molecule has 0 radical (unpaired) electrons. The highest BCUT2D eigenvalue weighted by molar-refractivity contribution is 5.97. The molecule has 6 rings (SSSR count). The lowest BCUT2D eigenvalue weighted by Gasteiger charge is -2.37. The third kappa shape index (κ3) is 2.82. The topological polar surface area (TPSA) is 59.6 Å². The molecule has 0 saturated carbocycles. The molecular weight excluding hydrogens is 412 g/mol. The van der Waals surface area contributed by atoms with Crippen molar-refractivity contribution in [3.05, 3.63) is 113 Å². The number of nitrogens with one attached hydrogen (secondary N) is 2. The van der Waals surface area contributed by atoms with Gasteiger partial charge in [0.25, 0.3) is 0 Å². The minimum atomic E-state index is -1.08. The lowest BCUT2D eigenvalue weighted by Crippen LogP contribution is -2.33. The lowest BCUT2D eigenvalue weighted by atomic mass is 9.77. The average molecular weight is 434 g/mol. The maximum atomic E-state index is 13.0. The Bertz CT molecular complexity index is 1410. The molecule has 2 heterocycles. The Kier molecular flexibility index (Phi) is 4.20. The summed E-state index contributed by atoms with van der Waals surface area (Å²) in [6, 6.07) is 27.5. The van der Waals surface area contributed by atoms with Crippen LogP contribution in [-0.2, 0) is 10.3 Å². The molecule has 4 aromatic carbocycles. The number of para-hydroxylation sites is 1. The van der Waals surface area contributed by atoms with Crippen LogP contribution in [0.3, 0.4) is 0 Å². The van der Waals surface area contributed by atoms with E-state index in [0.717, 1.165) is 39.3 Å². The van der Waals surface area contributed by atoms with Gasteiger partial charge in [0.2, 0.25) is 0 Å². The van der Waals surface area contributed by atoms with E-state index in [9.17, 15) is 4.79 Å². The standard InChI is InChI=1S/C28H22N2O3/c1-17-14-25-23(16-24(17)30-18-8-4-3-5-9-18)28(21-11-7-6-10-20(21)27(31)33-28)22-13-12-19(29-2)15-26(22)32-25/h3-16,29-30H,1-2H3. The van der Waals surface area contributed by atoms with E-state index < -0.39 is 5.60 Å². The molecule has 2 aliphatic heterocycles. The molecule has 4 aromatic rings. The Morgan fingerprint density at radius 1 is 0.758 bits per heavy atom. The lowest BCUT2D eigenvalue weighted by molar-refractivity contribution is 0.0224. The molecule has 5 nitrogen and oxygen atoms in total. The molecule has 0 aromatic heterocycles. The summed E-state index contributed by atoms with van der Waals surface area (Å²) in [5.41, 5.74) is 5.79. The molecule has 2 N–H and O–H groups in total. The van der Waals surface area contributed by atoms with Gasteiger partial charge in [0, 0.05) is 46.9 Å². The number of anilines is 3. The number of hydrogen-bond acceptors (Lipinski definition) is 5. The number of aryl methyl sites for hydroxylation is 1. The van der Waals surface area contributed by atoms with Crippen LogP contribution in [0.25, 0.3) is 0 Å². The van der Waals surface area contributed by atoms with Crippen LogP contribution in [0.15, 0.2) is 84.9 Å². The fraction of sp³-hybridized carbons (Fsp3) is 0.107. The van der Waals surface area contributed by atoms with Crippen LogP contribution in [0.1, 0.15) is 32.6 Å². The van der Waals surface area contributed by atoms with Crippen molar-refractivity contribution in [2.45, 2.75) is 12.5 Å². The maximum Gasteiger partial charge on any atom is 0.340 e. The normalized spacial score (nSPS) is 17.5. The van der Waals surface area contributed by atoms with Crippen LogP contribution in [0.5, 0.6) is 11.5 Å². The molecule has 1 unspecified atom stereocenters. The van der Waals surface area contributed by atoms with Gasteiger partial charge in [0.05, 0.1) is 5.56 Å². The minimum Gasteiger partial charge on any atom is -0.456 e. The zero-order chi connectivity index (χ0) is 22.6. The van der Waals surface area contributed by atoms with E-state index in [4.69, 9.17) is 9.47 Å². The fourth-order valence-electron chi connectivity index (χ4n) is 4.79. The summed E-state index contributed by atoms with van der Waals surface area (Å²) in [5, 5.41) is 6.66. The van der Waals surface area contributed by atoms with Gasteiger partial charge < -0.3 is 20.1 Å². The number of ether oxygens (including phenoxy) is 2. The van der Waals surface area contributed by atoms with E-state index in [1.54, 1.807) is 0 Å². The molecule has 1 atom stereocenters. The first-order valence-corrected chi connectivity index (χ1v) is 10.9. The average Bonchev–Trinajstić information content (AvgIpc) is 3.13. The molecule has 0 fully saturated rings. The Morgan fingerprint density at radius 3 is 2.33 bits per heavy atom. The SMILES string of the molecule is CNc1ccc2c(c1)Oc1cc(C)c(Nc3ccccc3)cc1C21OC(=O)c2ccccc21. The Hall–Kier alpha value is -4.25. The third-order valence-electron chi connectivity index (χ3n) is 6.40. The number of fused-ring (bicyclic) bond motifs is 6. The smallest absolute Gasteiger partial charge is 0.340 e. The molecule has 1 spiro atoms. The number of carbonyl (C=O) groups is 1. The molecule has 33 heavy (non-hydrogen) atoms. The second-order valence-electron chi connectivity index (χ2n) is 8.33. The van der Waals surface area contributed by atoms with Gasteiger partial charge in [-0.1, -0.05) is 36.4 Å². The molecule has 0 saturated heterocycles. The third-order valence-corrected chi connectivity index (χ3v) is 6.40. The number of carbonyl (C=O) groups excluding carboxylic acids is 1. The quantitative estimate of drug-likeness (QED) is 0.368.